The summed E-state index contributed by atoms with van der Waals surface area (Å²) in [6.07, 6.45) is 0.525. The topological polar surface area (TPSA) is 87.3 Å². The maximum absolute atomic E-state index is 13.5. The minimum atomic E-state index is -3.35. The summed E-state index contributed by atoms with van der Waals surface area (Å²) in [5.74, 6) is -0.336. The van der Waals surface area contributed by atoms with Crippen LogP contribution in [0, 0.1) is 5.82 Å². The van der Waals surface area contributed by atoms with E-state index in [9.17, 15) is 17.6 Å². The molecule has 6 nitrogen and oxygen atoms in total. The highest BCUT2D eigenvalue weighted by Crippen LogP contribution is 2.15. The standard InChI is InChI=1S/C17H20FN3O3S/c1-2-11-25(23,24)21-15-9-7-14(8-10-15)20-17(22)19-12-13-5-3-4-6-16(13)18/h3-10,21H,2,11-12H2,1H3,(H2,19,20,22). The van der Waals surface area contributed by atoms with Crippen LogP contribution in [0.3, 0.4) is 0 Å². The van der Waals surface area contributed by atoms with E-state index >= 15 is 0 Å². The highest BCUT2D eigenvalue weighted by atomic mass is 32.2. The number of rotatable bonds is 7. The highest BCUT2D eigenvalue weighted by molar-refractivity contribution is 7.92. The summed E-state index contributed by atoms with van der Waals surface area (Å²) in [6.45, 7) is 1.85. The first-order chi connectivity index (χ1) is 11.9. The van der Waals surface area contributed by atoms with Gasteiger partial charge in [-0.25, -0.2) is 17.6 Å². The largest absolute Gasteiger partial charge is 0.334 e. The molecule has 0 spiro atoms. The Morgan fingerprint density at radius 3 is 2.32 bits per heavy atom. The number of sulfonamides is 1. The zero-order valence-corrected chi connectivity index (χ0v) is 14.6. The van der Waals surface area contributed by atoms with E-state index in [0.717, 1.165) is 0 Å². The van der Waals surface area contributed by atoms with Gasteiger partial charge in [0.1, 0.15) is 5.82 Å². The first kappa shape index (κ1) is 18.7. The smallest absolute Gasteiger partial charge is 0.319 e. The molecule has 0 aliphatic heterocycles. The molecular formula is C17H20FN3O3S. The van der Waals surface area contributed by atoms with Gasteiger partial charge in [-0.05, 0) is 36.8 Å². The number of carbonyl (C=O) groups excluding carboxylic acids is 1. The van der Waals surface area contributed by atoms with Gasteiger partial charge in [-0.2, -0.15) is 0 Å². The monoisotopic (exact) mass is 365 g/mol. The maximum atomic E-state index is 13.5. The second-order valence-corrected chi connectivity index (χ2v) is 7.24. The Hall–Kier alpha value is -2.61. The summed E-state index contributed by atoms with van der Waals surface area (Å²) in [4.78, 5) is 11.8. The van der Waals surface area contributed by atoms with E-state index in [0.29, 0.717) is 23.4 Å². The molecule has 0 aliphatic carbocycles. The van der Waals surface area contributed by atoms with Crippen molar-refractivity contribution in [2.45, 2.75) is 19.9 Å². The quantitative estimate of drug-likeness (QED) is 0.703. The number of halogens is 1. The lowest BCUT2D eigenvalue weighted by Gasteiger charge is -2.10. The molecule has 0 fully saturated rings. The van der Waals surface area contributed by atoms with Crippen molar-refractivity contribution in [3.63, 3.8) is 0 Å². The zero-order valence-electron chi connectivity index (χ0n) is 13.8. The van der Waals surface area contributed by atoms with Crippen LogP contribution in [0.1, 0.15) is 18.9 Å². The molecule has 3 N–H and O–H groups in total. The molecule has 0 aromatic heterocycles. The maximum Gasteiger partial charge on any atom is 0.319 e. The Morgan fingerprint density at radius 2 is 1.68 bits per heavy atom. The molecule has 0 aliphatic rings. The number of hydrogen-bond acceptors (Lipinski definition) is 3. The van der Waals surface area contributed by atoms with Crippen LogP contribution in [0.4, 0.5) is 20.6 Å². The molecule has 2 rings (SSSR count). The molecule has 0 atom stereocenters. The van der Waals surface area contributed by atoms with E-state index in [1.54, 1.807) is 49.4 Å². The molecule has 25 heavy (non-hydrogen) atoms. The van der Waals surface area contributed by atoms with Crippen LogP contribution in [0.5, 0.6) is 0 Å². The van der Waals surface area contributed by atoms with Gasteiger partial charge >= 0.3 is 6.03 Å². The molecule has 2 aromatic rings. The summed E-state index contributed by atoms with van der Waals surface area (Å²) in [5, 5.41) is 5.15. The second kappa shape index (κ2) is 8.48. The van der Waals surface area contributed by atoms with Gasteiger partial charge in [0, 0.05) is 23.5 Å². The minimum absolute atomic E-state index is 0.0471. The summed E-state index contributed by atoms with van der Waals surface area (Å²) in [7, 11) is -3.35. The van der Waals surface area contributed by atoms with E-state index in [-0.39, 0.29) is 18.1 Å². The molecule has 0 unspecified atom stereocenters. The van der Waals surface area contributed by atoms with E-state index in [1.165, 1.54) is 6.07 Å². The first-order valence-electron chi connectivity index (χ1n) is 7.78. The average molecular weight is 365 g/mol. The molecule has 0 saturated carbocycles. The van der Waals surface area contributed by atoms with Gasteiger partial charge in [0.05, 0.1) is 5.75 Å². The molecule has 0 bridgehead atoms. The number of nitrogens with one attached hydrogen (secondary N) is 3. The van der Waals surface area contributed by atoms with E-state index in [2.05, 4.69) is 15.4 Å². The number of hydrogen-bond donors (Lipinski definition) is 3. The van der Waals surface area contributed by atoms with Gasteiger partial charge < -0.3 is 10.6 Å². The normalized spacial score (nSPS) is 11.0. The van der Waals surface area contributed by atoms with Gasteiger partial charge in [-0.15, -0.1) is 0 Å². The van der Waals surface area contributed by atoms with Gasteiger partial charge in [0.25, 0.3) is 0 Å². The van der Waals surface area contributed by atoms with Crippen LogP contribution >= 0.6 is 0 Å². The third kappa shape index (κ3) is 6.07. The molecule has 134 valence electrons. The summed E-state index contributed by atoms with van der Waals surface area (Å²) >= 11 is 0. The average Bonchev–Trinajstić information content (AvgIpc) is 2.55. The van der Waals surface area contributed by atoms with Crippen LogP contribution in [-0.4, -0.2) is 20.2 Å². The predicted octanol–water partition coefficient (Wildman–Crippen LogP) is 3.30. The van der Waals surface area contributed by atoms with Crippen LogP contribution in [0.2, 0.25) is 0 Å². The van der Waals surface area contributed by atoms with Gasteiger partial charge in [-0.1, -0.05) is 25.1 Å². The Labute approximate surface area is 146 Å². The van der Waals surface area contributed by atoms with Gasteiger partial charge in [0.2, 0.25) is 10.0 Å². The molecular weight excluding hydrogens is 345 g/mol. The lowest BCUT2D eigenvalue weighted by molar-refractivity contribution is 0.251. The Morgan fingerprint density at radius 1 is 1.04 bits per heavy atom. The number of benzene rings is 2. The number of anilines is 2. The number of urea groups is 1. The van der Waals surface area contributed by atoms with Crippen molar-refractivity contribution in [3.8, 4) is 0 Å². The highest BCUT2D eigenvalue weighted by Gasteiger charge is 2.09. The van der Waals surface area contributed by atoms with Crippen LogP contribution in [0.25, 0.3) is 0 Å². The van der Waals surface area contributed by atoms with Crippen molar-refractivity contribution in [2.24, 2.45) is 0 Å². The fourth-order valence-electron chi connectivity index (χ4n) is 2.11. The Bertz CT molecular complexity index is 823. The van der Waals surface area contributed by atoms with E-state index < -0.39 is 16.1 Å². The third-order valence-corrected chi connectivity index (χ3v) is 4.78. The van der Waals surface area contributed by atoms with E-state index in [1.807, 2.05) is 0 Å². The third-order valence-electron chi connectivity index (χ3n) is 3.29. The van der Waals surface area contributed by atoms with Gasteiger partial charge in [-0.3, -0.25) is 4.72 Å². The molecule has 0 saturated heterocycles. The van der Waals surface area contributed by atoms with E-state index in [4.69, 9.17) is 0 Å². The predicted molar refractivity (Wildman–Crippen MR) is 96.4 cm³/mol. The van der Waals surface area contributed by atoms with Crippen LogP contribution in [-0.2, 0) is 16.6 Å². The molecule has 0 radical (unpaired) electrons. The Kier molecular flexibility index (Phi) is 6.35. The second-order valence-electron chi connectivity index (χ2n) is 5.40. The summed E-state index contributed by atoms with van der Waals surface area (Å²) < 4.78 is 39.3. The fourth-order valence-corrected chi connectivity index (χ4v) is 3.25. The van der Waals surface area contributed by atoms with Crippen LogP contribution in [0.15, 0.2) is 48.5 Å². The molecule has 2 amide bonds. The van der Waals surface area contributed by atoms with Gasteiger partial charge in [0.15, 0.2) is 0 Å². The minimum Gasteiger partial charge on any atom is -0.334 e. The number of amides is 2. The van der Waals surface area contributed by atoms with Crippen molar-refractivity contribution in [3.05, 3.63) is 59.9 Å². The SMILES string of the molecule is CCCS(=O)(=O)Nc1ccc(NC(=O)NCc2ccccc2F)cc1. The molecule has 8 heteroatoms. The lowest BCUT2D eigenvalue weighted by atomic mass is 10.2. The van der Waals surface area contributed by atoms with Crippen LogP contribution < -0.4 is 15.4 Å². The Balaban J connectivity index is 1.88. The van der Waals surface area contributed by atoms with Crippen molar-refractivity contribution < 1.29 is 17.6 Å². The first-order valence-corrected chi connectivity index (χ1v) is 9.43. The fraction of sp³-hybridized carbons (Fsp3) is 0.235. The van der Waals surface area contributed by atoms with Crippen molar-refractivity contribution in [2.75, 3.05) is 15.8 Å². The molecule has 0 heterocycles. The lowest BCUT2D eigenvalue weighted by Crippen LogP contribution is -2.28. The van der Waals surface area contributed by atoms with Crippen molar-refractivity contribution in [1.29, 1.82) is 0 Å². The summed E-state index contributed by atoms with van der Waals surface area (Å²) in [6, 6.07) is 12.0. The number of carbonyl (C=O) groups is 1. The summed E-state index contributed by atoms with van der Waals surface area (Å²) in [5.41, 5.74) is 1.30. The zero-order chi connectivity index (χ0) is 18.3. The van der Waals surface area contributed by atoms with Crippen molar-refractivity contribution in [1.82, 2.24) is 5.32 Å². The van der Waals surface area contributed by atoms with Crippen molar-refractivity contribution >= 4 is 27.4 Å². The molecule has 2 aromatic carbocycles.